The summed E-state index contributed by atoms with van der Waals surface area (Å²) < 4.78 is 11.0. The first-order chi connectivity index (χ1) is 8.73. The van der Waals surface area contributed by atoms with Gasteiger partial charge in [0.05, 0.1) is 6.61 Å². The fourth-order valence-electron chi connectivity index (χ4n) is 2.13. The zero-order chi connectivity index (χ0) is 12.8. The van der Waals surface area contributed by atoms with Crippen LogP contribution in [-0.4, -0.2) is 31.3 Å². The summed E-state index contributed by atoms with van der Waals surface area (Å²) in [5.74, 6) is 1.67. The molecule has 0 amide bonds. The van der Waals surface area contributed by atoms with Crippen molar-refractivity contribution >= 4 is 5.82 Å². The van der Waals surface area contributed by atoms with Crippen molar-refractivity contribution in [3.8, 4) is 5.75 Å². The Hall–Kier alpha value is -1.29. The van der Waals surface area contributed by atoms with Gasteiger partial charge in [-0.1, -0.05) is 6.92 Å². The third kappa shape index (κ3) is 3.35. The Morgan fingerprint density at radius 3 is 2.94 bits per heavy atom. The van der Waals surface area contributed by atoms with E-state index in [-0.39, 0.29) is 0 Å². The molecule has 100 valence electrons. The molecule has 1 aliphatic rings. The molecule has 1 fully saturated rings. The average molecular weight is 250 g/mol. The van der Waals surface area contributed by atoms with Crippen molar-refractivity contribution < 1.29 is 9.47 Å². The minimum absolute atomic E-state index is 0.291. The van der Waals surface area contributed by atoms with Gasteiger partial charge in [0.15, 0.2) is 11.6 Å². The fraction of sp³-hybridized carbons (Fsp3) is 0.643. The molecule has 1 N–H and O–H groups in total. The van der Waals surface area contributed by atoms with Crippen molar-refractivity contribution in [2.24, 2.45) is 5.41 Å². The van der Waals surface area contributed by atoms with E-state index >= 15 is 0 Å². The van der Waals surface area contributed by atoms with Crippen molar-refractivity contribution in [3.63, 3.8) is 0 Å². The van der Waals surface area contributed by atoms with Gasteiger partial charge in [0.2, 0.25) is 0 Å². The van der Waals surface area contributed by atoms with Gasteiger partial charge in [-0.2, -0.15) is 0 Å². The second-order valence-electron chi connectivity index (χ2n) is 5.06. The molecule has 4 nitrogen and oxygen atoms in total. The van der Waals surface area contributed by atoms with Crippen LogP contribution in [0.3, 0.4) is 0 Å². The van der Waals surface area contributed by atoms with Crippen molar-refractivity contribution in [2.45, 2.75) is 26.7 Å². The Bertz CT molecular complexity index is 376. The standard InChI is InChI=1S/C14H22N2O2/c1-3-18-12-5-4-8-15-13(12)16-11-14(2)6-9-17-10-7-14/h4-5,8H,3,6-7,9-11H2,1-2H3,(H,15,16). The van der Waals surface area contributed by atoms with Crippen LogP contribution in [0.4, 0.5) is 5.82 Å². The Kier molecular flexibility index (Phi) is 4.42. The van der Waals surface area contributed by atoms with Gasteiger partial charge in [0, 0.05) is 26.0 Å². The number of pyridine rings is 1. The molecular weight excluding hydrogens is 228 g/mol. The van der Waals surface area contributed by atoms with E-state index in [9.17, 15) is 0 Å². The second kappa shape index (κ2) is 6.05. The SMILES string of the molecule is CCOc1cccnc1NCC1(C)CCOCC1. The van der Waals surface area contributed by atoms with E-state index < -0.39 is 0 Å². The average Bonchev–Trinajstić information content (AvgIpc) is 2.39. The lowest BCUT2D eigenvalue weighted by Crippen LogP contribution is -2.33. The lowest BCUT2D eigenvalue weighted by atomic mass is 9.82. The molecule has 0 aromatic carbocycles. The van der Waals surface area contributed by atoms with E-state index in [4.69, 9.17) is 9.47 Å². The summed E-state index contributed by atoms with van der Waals surface area (Å²) in [4.78, 5) is 4.35. The summed E-state index contributed by atoms with van der Waals surface area (Å²) in [6.07, 6.45) is 3.98. The maximum Gasteiger partial charge on any atom is 0.168 e. The van der Waals surface area contributed by atoms with Gasteiger partial charge in [0.25, 0.3) is 0 Å². The lowest BCUT2D eigenvalue weighted by molar-refractivity contribution is 0.0299. The maximum atomic E-state index is 5.56. The predicted molar refractivity (Wildman–Crippen MR) is 72.1 cm³/mol. The third-order valence-corrected chi connectivity index (χ3v) is 3.45. The minimum Gasteiger partial charge on any atom is -0.490 e. The number of rotatable bonds is 5. The number of aromatic nitrogens is 1. The molecule has 0 radical (unpaired) electrons. The van der Waals surface area contributed by atoms with Crippen molar-refractivity contribution in [1.82, 2.24) is 4.98 Å². The van der Waals surface area contributed by atoms with E-state index in [0.717, 1.165) is 44.2 Å². The maximum absolute atomic E-state index is 5.56. The Morgan fingerprint density at radius 2 is 2.22 bits per heavy atom. The Balaban J connectivity index is 1.96. The van der Waals surface area contributed by atoms with E-state index in [1.54, 1.807) is 6.20 Å². The van der Waals surface area contributed by atoms with Crippen LogP contribution in [0.25, 0.3) is 0 Å². The van der Waals surface area contributed by atoms with Crippen LogP contribution in [0.5, 0.6) is 5.75 Å². The highest BCUT2D eigenvalue weighted by molar-refractivity contribution is 5.49. The first kappa shape index (κ1) is 13.1. The third-order valence-electron chi connectivity index (χ3n) is 3.45. The minimum atomic E-state index is 0.291. The summed E-state index contributed by atoms with van der Waals surface area (Å²) in [7, 11) is 0. The van der Waals surface area contributed by atoms with Crippen LogP contribution in [0.2, 0.25) is 0 Å². The first-order valence-corrected chi connectivity index (χ1v) is 6.63. The molecule has 0 spiro atoms. The normalized spacial score (nSPS) is 18.3. The van der Waals surface area contributed by atoms with E-state index in [2.05, 4.69) is 17.2 Å². The molecule has 1 aromatic heterocycles. The number of hydrogen-bond acceptors (Lipinski definition) is 4. The molecule has 4 heteroatoms. The first-order valence-electron chi connectivity index (χ1n) is 6.63. The number of anilines is 1. The van der Waals surface area contributed by atoms with E-state index in [0.29, 0.717) is 12.0 Å². The highest BCUT2D eigenvalue weighted by Crippen LogP contribution is 2.31. The molecule has 0 aliphatic carbocycles. The smallest absolute Gasteiger partial charge is 0.168 e. The molecular formula is C14H22N2O2. The highest BCUT2D eigenvalue weighted by atomic mass is 16.5. The van der Waals surface area contributed by atoms with Crippen molar-refractivity contribution in [1.29, 1.82) is 0 Å². The summed E-state index contributed by atoms with van der Waals surface area (Å²) >= 11 is 0. The fourth-order valence-corrected chi connectivity index (χ4v) is 2.13. The molecule has 1 saturated heterocycles. The van der Waals surface area contributed by atoms with Gasteiger partial charge in [-0.05, 0) is 37.3 Å². The largest absolute Gasteiger partial charge is 0.490 e. The van der Waals surface area contributed by atoms with Crippen LogP contribution in [0.15, 0.2) is 18.3 Å². The van der Waals surface area contributed by atoms with Crippen LogP contribution in [0.1, 0.15) is 26.7 Å². The quantitative estimate of drug-likeness (QED) is 0.872. The monoisotopic (exact) mass is 250 g/mol. The molecule has 0 saturated carbocycles. The van der Waals surface area contributed by atoms with Crippen molar-refractivity contribution in [3.05, 3.63) is 18.3 Å². The Morgan fingerprint density at radius 1 is 1.44 bits per heavy atom. The topological polar surface area (TPSA) is 43.4 Å². The van der Waals surface area contributed by atoms with Crippen LogP contribution in [0, 0.1) is 5.41 Å². The van der Waals surface area contributed by atoms with Gasteiger partial charge in [-0.3, -0.25) is 0 Å². The lowest BCUT2D eigenvalue weighted by Gasteiger charge is -2.33. The highest BCUT2D eigenvalue weighted by Gasteiger charge is 2.27. The molecule has 18 heavy (non-hydrogen) atoms. The van der Waals surface area contributed by atoms with Crippen LogP contribution < -0.4 is 10.1 Å². The molecule has 2 rings (SSSR count). The predicted octanol–water partition coefficient (Wildman–Crippen LogP) is 2.71. The molecule has 1 aromatic rings. The van der Waals surface area contributed by atoms with Gasteiger partial charge >= 0.3 is 0 Å². The van der Waals surface area contributed by atoms with Gasteiger partial charge in [0.1, 0.15) is 0 Å². The van der Waals surface area contributed by atoms with E-state index in [1.165, 1.54) is 0 Å². The summed E-state index contributed by atoms with van der Waals surface area (Å²) in [6.45, 7) is 7.57. The second-order valence-corrected chi connectivity index (χ2v) is 5.06. The van der Waals surface area contributed by atoms with Gasteiger partial charge in [-0.15, -0.1) is 0 Å². The molecule has 1 aliphatic heterocycles. The number of nitrogens with zero attached hydrogens (tertiary/aromatic N) is 1. The number of ether oxygens (including phenoxy) is 2. The molecule has 0 unspecified atom stereocenters. The molecule has 0 bridgehead atoms. The summed E-state index contributed by atoms with van der Waals surface area (Å²) in [5.41, 5.74) is 0.291. The summed E-state index contributed by atoms with van der Waals surface area (Å²) in [6, 6.07) is 3.84. The van der Waals surface area contributed by atoms with Gasteiger partial charge in [-0.25, -0.2) is 4.98 Å². The van der Waals surface area contributed by atoms with Crippen LogP contribution >= 0.6 is 0 Å². The van der Waals surface area contributed by atoms with Crippen LogP contribution in [-0.2, 0) is 4.74 Å². The molecule has 0 atom stereocenters. The zero-order valence-electron chi connectivity index (χ0n) is 11.2. The molecule has 2 heterocycles. The summed E-state index contributed by atoms with van der Waals surface area (Å²) in [5, 5.41) is 3.42. The Labute approximate surface area is 109 Å². The van der Waals surface area contributed by atoms with Crippen molar-refractivity contribution in [2.75, 3.05) is 31.7 Å². The number of nitrogens with one attached hydrogen (secondary N) is 1. The zero-order valence-corrected chi connectivity index (χ0v) is 11.2. The number of hydrogen-bond donors (Lipinski definition) is 1. The van der Waals surface area contributed by atoms with E-state index in [1.807, 2.05) is 19.1 Å². The van der Waals surface area contributed by atoms with Gasteiger partial charge < -0.3 is 14.8 Å².